The topological polar surface area (TPSA) is 93.5 Å². The second-order valence-corrected chi connectivity index (χ2v) is 7.56. The molecular formula is C22H26N4O4. The number of aromatic amines is 1. The number of hydrogen-bond donors (Lipinski definition) is 1. The fourth-order valence-electron chi connectivity index (χ4n) is 4.03. The molecule has 8 nitrogen and oxygen atoms in total. The Morgan fingerprint density at radius 1 is 1.30 bits per heavy atom. The van der Waals surface area contributed by atoms with Gasteiger partial charge < -0.3 is 18.9 Å². The molecule has 2 aromatic heterocycles. The lowest BCUT2D eigenvalue weighted by Gasteiger charge is -2.33. The maximum Gasteiger partial charge on any atom is 0.227 e. The number of H-pyrrole nitrogens is 1. The van der Waals surface area contributed by atoms with Crippen molar-refractivity contribution in [2.45, 2.75) is 32.1 Å². The number of likely N-dealkylation sites (tertiary alicyclic amines) is 1. The van der Waals surface area contributed by atoms with Crippen LogP contribution >= 0.6 is 0 Å². The highest BCUT2D eigenvalue weighted by Gasteiger charge is 2.29. The van der Waals surface area contributed by atoms with Crippen LogP contribution in [0.25, 0.3) is 11.3 Å². The molecule has 4 rings (SSSR count). The Kier molecular flexibility index (Phi) is 5.74. The third kappa shape index (κ3) is 4.03. The van der Waals surface area contributed by atoms with Crippen molar-refractivity contribution in [2.24, 2.45) is 0 Å². The van der Waals surface area contributed by atoms with Crippen LogP contribution in [-0.4, -0.2) is 53.5 Å². The van der Waals surface area contributed by atoms with Gasteiger partial charge in [0.2, 0.25) is 5.91 Å². The van der Waals surface area contributed by atoms with Gasteiger partial charge in [0.1, 0.15) is 11.5 Å². The summed E-state index contributed by atoms with van der Waals surface area (Å²) >= 11 is 0. The van der Waals surface area contributed by atoms with E-state index < -0.39 is 0 Å². The summed E-state index contributed by atoms with van der Waals surface area (Å²) in [6.07, 6.45) is 3.94. The second-order valence-electron chi connectivity index (χ2n) is 7.56. The Bertz CT molecular complexity index is 1030. The zero-order valence-corrected chi connectivity index (χ0v) is 17.5. The zero-order chi connectivity index (χ0) is 21.1. The summed E-state index contributed by atoms with van der Waals surface area (Å²) in [6.45, 7) is 3.26. The molecule has 1 aliphatic rings. The normalized spacial score (nSPS) is 16.5. The summed E-state index contributed by atoms with van der Waals surface area (Å²) in [6, 6.07) is 7.41. The third-order valence-corrected chi connectivity index (χ3v) is 5.57. The number of amides is 1. The van der Waals surface area contributed by atoms with Gasteiger partial charge >= 0.3 is 0 Å². The molecule has 1 aliphatic heterocycles. The van der Waals surface area contributed by atoms with Crippen LogP contribution in [0.4, 0.5) is 0 Å². The van der Waals surface area contributed by atoms with Crippen LogP contribution < -0.4 is 9.47 Å². The number of benzene rings is 1. The van der Waals surface area contributed by atoms with E-state index in [1.54, 1.807) is 20.4 Å². The molecular weight excluding hydrogens is 384 g/mol. The van der Waals surface area contributed by atoms with E-state index in [2.05, 4.69) is 15.4 Å². The average molecular weight is 410 g/mol. The smallest absolute Gasteiger partial charge is 0.227 e. The lowest BCUT2D eigenvalue weighted by atomic mass is 9.91. The Balaban J connectivity index is 1.50. The van der Waals surface area contributed by atoms with Crippen LogP contribution in [0.2, 0.25) is 0 Å². The zero-order valence-electron chi connectivity index (χ0n) is 17.5. The van der Waals surface area contributed by atoms with Gasteiger partial charge in [-0.3, -0.25) is 9.89 Å². The van der Waals surface area contributed by atoms with Crippen molar-refractivity contribution >= 4 is 5.91 Å². The SMILES string of the molecule is COc1ccc(OC)c(CC(=O)N2CCCC(c3[nH]ncc3-c3cc(C)no3)C2)c1. The van der Waals surface area contributed by atoms with Crippen molar-refractivity contribution in [1.82, 2.24) is 20.3 Å². The van der Waals surface area contributed by atoms with Crippen LogP contribution in [0.15, 0.2) is 35.0 Å². The quantitative estimate of drug-likeness (QED) is 0.670. The van der Waals surface area contributed by atoms with Gasteiger partial charge in [-0.2, -0.15) is 5.10 Å². The largest absolute Gasteiger partial charge is 0.497 e. The number of piperidine rings is 1. The van der Waals surface area contributed by atoms with E-state index in [9.17, 15) is 4.79 Å². The van der Waals surface area contributed by atoms with Gasteiger partial charge in [-0.25, -0.2) is 0 Å². The van der Waals surface area contributed by atoms with Crippen molar-refractivity contribution in [3.63, 3.8) is 0 Å². The number of carbonyl (C=O) groups excluding carboxylic acids is 1. The minimum Gasteiger partial charge on any atom is -0.497 e. The van der Waals surface area contributed by atoms with Crippen molar-refractivity contribution < 1.29 is 18.8 Å². The lowest BCUT2D eigenvalue weighted by molar-refractivity contribution is -0.131. The van der Waals surface area contributed by atoms with Crippen LogP contribution in [0.3, 0.4) is 0 Å². The maximum absolute atomic E-state index is 13.1. The van der Waals surface area contributed by atoms with Gasteiger partial charge in [-0.15, -0.1) is 0 Å². The number of ether oxygens (including phenoxy) is 2. The minimum atomic E-state index is 0.0721. The van der Waals surface area contributed by atoms with E-state index in [0.717, 1.165) is 41.9 Å². The molecule has 0 radical (unpaired) electrons. The Morgan fingerprint density at radius 3 is 2.90 bits per heavy atom. The highest BCUT2D eigenvalue weighted by Crippen LogP contribution is 2.34. The first-order chi connectivity index (χ1) is 14.6. The predicted octanol–water partition coefficient (Wildman–Crippen LogP) is 3.34. The molecule has 3 heterocycles. The van der Waals surface area contributed by atoms with Crippen LogP contribution in [0.1, 0.15) is 35.7 Å². The number of hydrogen-bond acceptors (Lipinski definition) is 6. The Labute approximate surface area is 175 Å². The first-order valence-electron chi connectivity index (χ1n) is 10.0. The van der Waals surface area contributed by atoms with Gasteiger partial charge in [-0.05, 0) is 38.0 Å². The second kappa shape index (κ2) is 8.61. The molecule has 30 heavy (non-hydrogen) atoms. The average Bonchev–Trinajstić information content (AvgIpc) is 3.42. The van der Waals surface area contributed by atoms with Crippen molar-refractivity contribution in [1.29, 1.82) is 0 Å². The first-order valence-corrected chi connectivity index (χ1v) is 10.0. The minimum absolute atomic E-state index is 0.0721. The highest BCUT2D eigenvalue weighted by molar-refractivity contribution is 5.80. The fraction of sp³-hybridized carbons (Fsp3) is 0.409. The van der Waals surface area contributed by atoms with Gasteiger partial charge in [0.25, 0.3) is 0 Å². The van der Waals surface area contributed by atoms with E-state index in [0.29, 0.717) is 23.8 Å². The van der Waals surface area contributed by atoms with E-state index in [1.807, 2.05) is 36.1 Å². The molecule has 1 fully saturated rings. The molecule has 1 atom stereocenters. The fourth-order valence-corrected chi connectivity index (χ4v) is 4.03. The molecule has 0 spiro atoms. The molecule has 0 saturated carbocycles. The molecule has 1 aromatic carbocycles. The first kappa shape index (κ1) is 20.0. The number of methoxy groups -OCH3 is 2. The molecule has 1 amide bonds. The number of aryl methyl sites for hydroxylation is 1. The summed E-state index contributed by atoms with van der Waals surface area (Å²) in [5.74, 6) is 2.33. The predicted molar refractivity (Wildman–Crippen MR) is 111 cm³/mol. The van der Waals surface area contributed by atoms with E-state index in [-0.39, 0.29) is 18.2 Å². The summed E-state index contributed by atoms with van der Waals surface area (Å²) in [4.78, 5) is 15.0. The van der Waals surface area contributed by atoms with Crippen LogP contribution in [0.5, 0.6) is 11.5 Å². The summed E-state index contributed by atoms with van der Waals surface area (Å²) in [7, 11) is 3.22. The molecule has 3 aromatic rings. The Morgan fingerprint density at radius 2 is 2.17 bits per heavy atom. The number of nitrogens with one attached hydrogen (secondary N) is 1. The molecule has 8 heteroatoms. The lowest BCUT2D eigenvalue weighted by Crippen LogP contribution is -2.40. The van der Waals surface area contributed by atoms with Crippen molar-refractivity contribution in [3.8, 4) is 22.8 Å². The maximum atomic E-state index is 13.1. The van der Waals surface area contributed by atoms with Crippen molar-refractivity contribution in [3.05, 3.63) is 47.4 Å². The number of nitrogens with zero attached hydrogens (tertiary/aromatic N) is 3. The third-order valence-electron chi connectivity index (χ3n) is 5.57. The number of aromatic nitrogens is 3. The van der Waals surface area contributed by atoms with Crippen LogP contribution in [0, 0.1) is 6.92 Å². The molecule has 1 unspecified atom stereocenters. The van der Waals surface area contributed by atoms with Crippen LogP contribution in [-0.2, 0) is 11.2 Å². The Hall–Kier alpha value is -3.29. The van der Waals surface area contributed by atoms with E-state index >= 15 is 0 Å². The summed E-state index contributed by atoms with van der Waals surface area (Å²) in [5, 5.41) is 11.3. The van der Waals surface area contributed by atoms with E-state index in [1.165, 1.54) is 0 Å². The molecule has 1 saturated heterocycles. The van der Waals surface area contributed by atoms with E-state index in [4.69, 9.17) is 14.0 Å². The highest BCUT2D eigenvalue weighted by atomic mass is 16.5. The summed E-state index contributed by atoms with van der Waals surface area (Å²) < 4.78 is 16.1. The molecule has 0 bridgehead atoms. The van der Waals surface area contributed by atoms with Gasteiger partial charge in [0, 0.05) is 30.6 Å². The van der Waals surface area contributed by atoms with Gasteiger partial charge in [0.15, 0.2) is 5.76 Å². The van der Waals surface area contributed by atoms with Gasteiger partial charge in [-0.1, -0.05) is 5.16 Å². The number of carbonyl (C=O) groups is 1. The van der Waals surface area contributed by atoms with Crippen molar-refractivity contribution in [2.75, 3.05) is 27.3 Å². The number of rotatable bonds is 6. The van der Waals surface area contributed by atoms with Gasteiger partial charge in [0.05, 0.1) is 43.8 Å². The molecule has 0 aliphatic carbocycles. The molecule has 158 valence electrons. The standard InChI is InChI=1S/C22H26N4O4/c1-14-9-20(30-25-14)18-12-23-24-22(18)15-5-4-8-26(13-15)21(27)11-16-10-17(28-2)6-7-19(16)29-3/h6-7,9-10,12,15H,4-5,8,11,13H2,1-3H3,(H,23,24). The molecule has 1 N–H and O–H groups in total. The monoisotopic (exact) mass is 410 g/mol. The summed E-state index contributed by atoms with van der Waals surface area (Å²) in [5.41, 5.74) is 3.54.